The molecule has 0 bridgehead atoms. The molecule has 6 heteroatoms. The van der Waals surface area contributed by atoms with Crippen LogP contribution in [-0.2, 0) is 0 Å². The summed E-state index contributed by atoms with van der Waals surface area (Å²) in [6.45, 7) is 0. The van der Waals surface area contributed by atoms with Crippen molar-refractivity contribution in [3.05, 3.63) is 41.3 Å². The normalized spacial score (nSPS) is 10.8. The highest BCUT2D eigenvalue weighted by Crippen LogP contribution is 2.33. The lowest BCUT2D eigenvalue weighted by molar-refractivity contribution is 0.356. The fourth-order valence-electron chi connectivity index (χ4n) is 2.08. The Bertz CT molecular complexity index is 770. The molecule has 5 nitrogen and oxygen atoms in total. The summed E-state index contributed by atoms with van der Waals surface area (Å²) >= 11 is 3.39. The molecule has 0 unspecified atom stereocenters. The Morgan fingerprint density at radius 3 is 2.55 bits per heavy atom. The van der Waals surface area contributed by atoms with Crippen molar-refractivity contribution in [2.45, 2.75) is 0 Å². The molecule has 2 heterocycles. The number of pyridine rings is 1. The van der Waals surface area contributed by atoms with Crippen molar-refractivity contribution in [2.24, 2.45) is 0 Å². The second-order valence-corrected chi connectivity index (χ2v) is 5.08. The molecule has 0 radical (unpaired) electrons. The van der Waals surface area contributed by atoms with Gasteiger partial charge in [0.15, 0.2) is 17.3 Å². The number of hydrogen-bond acceptors (Lipinski definition) is 4. The molecule has 102 valence electrons. The Morgan fingerprint density at radius 1 is 1.15 bits per heavy atom. The lowest BCUT2D eigenvalue weighted by Crippen LogP contribution is -1.99. The Labute approximate surface area is 124 Å². The van der Waals surface area contributed by atoms with Gasteiger partial charge in [0.2, 0.25) is 0 Å². The van der Waals surface area contributed by atoms with Gasteiger partial charge in [-0.15, -0.1) is 0 Å². The van der Waals surface area contributed by atoms with E-state index < -0.39 is 0 Å². The molecule has 2 aromatic heterocycles. The number of nitrogens with zero attached hydrogens (tertiary/aromatic N) is 3. The van der Waals surface area contributed by atoms with Gasteiger partial charge in [-0.2, -0.15) is 5.10 Å². The number of hydrogen-bond donors (Lipinski definition) is 0. The van der Waals surface area contributed by atoms with E-state index in [1.165, 1.54) is 0 Å². The number of fused-ring (bicyclic) bond motifs is 1. The summed E-state index contributed by atoms with van der Waals surface area (Å²) in [6, 6.07) is 5.77. The topological polar surface area (TPSA) is 49.2 Å². The molecule has 0 fully saturated rings. The summed E-state index contributed by atoms with van der Waals surface area (Å²) in [6.07, 6.45) is 5.33. The average molecular weight is 334 g/mol. The molecule has 0 aliphatic heterocycles. The molecule has 0 amide bonds. The molecule has 0 aliphatic carbocycles. The standard InChI is InChI=1S/C14H12BrN3O2/c1-19-12-5-9-3-4-16-14(11(9)6-13(12)20-2)18-8-10(15)7-17-18/h3-8H,1-2H3. The van der Waals surface area contributed by atoms with Gasteiger partial charge in [-0.1, -0.05) is 0 Å². The van der Waals surface area contributed by atoms with Crippen LogP contribution in [0, 0.1) is 0 Å². The van der Waals surface area contributed by atoms with Crippen molar-refractivity contribution in [1.29, 1.82) is 0 Å². The molecule has 20 heavy (non-hydrogen) atoms. The lowest BCUT2D eigenvalue weighted by Gasteiger charge is -2.11. The zero-order valence-corrected chi connectivity index (χ0v) is 12.6. The Morgan fingerprint density at radius 2 is 1.90 bits per heavy atom. The fraction of sp³-hybridized carbons (Fsp3) is 0.143. The third-order valence-corrected chi connectivity index (χ3v) is 3.43. The zero-order chi connectivity index (χ0) is 14.1. The summed E-state index contributed by atoms with van der Waals surface area (Å²) in [4.78, 5) is 4.40. The number of aromatic nitrogens is 3. The van der Waals surface area contributed by atoms with E-state index in [0.29, 0.717) is 11.5 Å². The minimum absolute atomic E-state index is 0.667. The van der Waals surface area contributed by atoms with Gasteiger partial charge >= 0.3 is 0 Å². The first-order valence-electron chi connectivity index (χ1n) is 5.94. The van der Waals surface area contributed by atoms with E-state index in [0.717, 1.165) is 21.1 Å². The Balaban J connectivity index is 2.28. The second-order valence-electron chi connectivity index (χ2n) is 4.17. The van der Waals surface area contributed by atoms with Crippen molar-refractivity contribution in [3.8, 4) is 17.3 Å². The minimum Gasteiger partial charge on any atom is -0.493 e. The number of methoxy groups -OCH3 is 2. The van der Waals surface area contributed by atoms with Gasteiger partial charge in [-0.3, -0.25) is 0 Å². The van der Waals surface area contributed by atoms with E-state index >= 15 is 0 Å². The summed E-state index contributed by atoms with van der Waals surface area (Å²) in [5.74, 6) is 2.11. The molecule has 1 aromatic carbocycles. The van der Waals surface area contributed by atoms with Crippen molar-refractivity contribution in [3.63, 3.8) is 0 Å². The first kappa shape index (κ1) is 12.9. The highest BCUT2D eigenvalue weighted by molar-refractivity contribution is 9.10. The third kappa shape index (κ3) is 2.12. The van der Waals surface area contributed by atoms with Crippen molar-refractivity contribution in [2.75, 3.05) is 14.2 Å². The average Bonchev–Trinajstić information content (AvgIpc) is 2.91. The monoisotopic (exact) mass is 333 g/mol. The maximum atomic E-state index is 5.35. The lowest BCUT2D eigenvalue weighted by atomic mass is 10.1. The van der Waals surface area contributed by atoms with E-state index in [4.69, 9.17) is 9.47 Å². The third-order valence-electron chi connectivity index (χ3n) is 3.02. The number of ether oxygens (including phenoxy) is 2. The molecule has 3 aromatic rings. The molecular formula is C14H12BrN3O2. The Hall–Kier alpha value is -2.08. The quantitative estimate of drug-likeness (QED) is 0.738. The number of halogens is 1. The highest BCUT2D eigenvalue weighted by atomic mass is 79.9. The molecule has 0 N–H and O–H groups in total. The van der Waals surface area contributed by atoms with E-state index in [-0.39, 0.29) is 0 Å². The van der Waals surface area contributed by atoms with Crippen molar-refractivity contribution >= 4 is 26.7 Å². The minimum atomic E-state index is 0.667. The van der Waals surface area contributed by atoms with E-state index in [9.17, 15) is 0 Å². The van der Waals surface area contributed by atoms with Gasteiger partial charge in [0.1, 0.15) is 0 Å². The molecule has 0 saturated heterocycles. The van der Waals surface area contributed by atoms with Crippen LogP contribution in [-0.4, -0.2) is 29.0 Å². The summed E-state index contributed by atoms with van der Waals surface area (Å²) in [7, 11) is 3.24. The largest absolute Gasteiger partial charge is 0.493 e. The van der Waals surface area contributed by atoms with Crippen LogP contribution in [0.3, 0.4) is 0 Å². The SMILES string of the molecule is COc1cc2ccnc(-n3cc(Br)cn3)c2cc1OC. The van der Waals surface area contributed by atoms with Gasteiger partial charge in [0.05, 0.1) is 24.9 Å². The second kappa shape index (κ2) is 5.13. The summed E-state index contributed by atoms with van der Waals surface area (Å²) in [5.41, 5.74) is 0. The van der Waals surface area contributed by atoms with Crippen LogP contribution in [0.2, 0.25) is 0 Å². The van der Waals surface area contributed by atoms with Crippen LogP contribution in [0.5, 0.6) is 11.5 Å². The van der Waals surface area contributed by atoms with Crippen molar-refractivity contribution in [1.82, 2.24) is 14.8 Å². The van der Waals surface area contributed by atoms with E-state index in [1.54, 1.807) is 31.3 Å². The predicted molar refractivity (Wildman–Crippen MR) is 79.7 cm³/mol. The van der Waals surface area contributed by atoms with Gasteiger partial charge in [0, 0.05) is 17.8 Å². The molecule has 3 rings (SSSR count). The maximum absolute atomic E-state index is 5.35. The van der Waals surface area contributed by atoms with Crippen LogP contribution in [0.4, 0.5) is 0 Å². The molecule has 0 spiro atoms. The summed E-state index contributed by atoms with van der Waals surface area (Å²) in [5, 5.41) is 6.23. The van der Waals surface area contributed by atoms with Crippen LogP contribution < -0.4 is 9.47 Å². The van der Waals surface area contributed by atoms with Gasteiger partial charge in [0.25, 0.3) is 0 Å². The van der Waals surface area contributed by atoms with Crippen LogP contribution >= 0.6 is 15.9 Å². The van der Waals surface area contributed by atoms with Gasteiger partial charge in [-0.25, -0.2) is 9.67 Å². The molecular weight excluding hydrogens is 322 g/mol. The maximum Gasteiger partial charge on any atom is 0.161 e. The highest BCUT2D eigenvalue weighted by Gasteiger charge is 2.11. The van der Waals surface area contributed by atoms with Crippen LogP contribution in [0.1, 0.15) is 0 Å². The Kier molecular flexibility index (Phi) is 3.31. The van der Waals surface area contributed by atoms with Crippen LogP contribution in [0.25, 0.3) is 16.6 Å². The zero-order valence-electron chi connectivity index (χ0n) is 11.0. The van der Waals surface area contributed by atoms with E-state index in [2.05, 4.69) is 26.0 Å². The van der Waals surface area contributed by atoms with Crippen LogP contribution in [0.15, 0.2) is 41.3 Å². The molecule has 0 aliphatic rings. The first-order chi connectivity index (χ1) is 9.72. The number of rotatable bonds is 3. The first-order valence-corrected chi connectivity index (χ1v) is 6.73. The van der Waals surface area contributed by atoms with Gasteiger partial charge < -0.3 is 9.47 Å². The predicted octanol–water partition coefficient (Wildman–Crippen LogP) is 3.20. The van der Waals surface area contributed by atoms with E-state index in [1.807, 2.05) is 24.4 Å². The smallest absolute Gasteiger partial charge is 0.161 e. The molecule has 0 saturated carbocycles. The van der Waals surface area contributed by atoms with Gasteiger partial charge in [-0.05, 0) is 39.5 Å². The summed E-state index contributed by atoms with van der Waals surface area (Å²) < 4.78 is 13.3. The molecule has 0 atom stereocenters. The number of benzene rings is 1. The fourth-order valence-corrected chi connectivity index (χ4v) is 2.37. The van der Waals surface area contributed by atoms with Crippen molar-refractivity contribution < 1.29 is 9.47 Å².